The van der Waals surface area contributed by atoms with Crippen LogP contribution in [0.25, 0.3) is 0 Å². The molecule has 2 aliphatic carbocycles. The van der Waals surface area contributed by atoms with Gasteiger partial charge in [-0.2, -0.15) is 5.26 Å². The van der Waals surface area contributed by atoms with Gasteiger partial charge in [-0.05, 0) is 68.6 Å². The van der Waals surface area contributed by atoms with E-state index in [0.29, 0.717) is 26.9 Å². The highest BCUT2D eigenvalue weighted by Crippen LogP contribution is 2.38. The van der Waals surface area contributed by atoms with Gasteiger partial charge < -0.3 is 10.1 Å². The SMILES string of the molecule is COC(=O)c1c(NC(=O)CCSc2nc3c(cc2C#N)CCCC3)sc2c1CCCC2. The minimum Gasteiger partial charge on any atom is -0.465 e. The third-order valence-electron chi connectivity index (χ3n) is 5.77. The fraction of sp³-hybridized carbons (Fsp3) is 0.478. The van der Waals surface area contributed by atoms with Gasteiger partial charge in [0.2, 0.25) is 5.91 Å². The monoisotopic (exact) mass is 455 g/mol. The van der Waals surface area contributed by atoms with E-state index in [4.69, 9.17) is 9.72 Å². The van der Waals surface area contributed by atoms with Crippen LogP contribution < -0.4 is 5.32 Å². The van der Waals surface area contributed by atoms with Crippen LogP contribution in [0.4, 0.5) is 5.00 Å². The second-order valence-electron chi connectivity index (χ2n) is 7.82. The van der Waals surface area contributed by atoms with Crippen LogP contribution in [-0.4, -0.2) is 29.7 Å². The molecule has 162 valence electrons. The van der Waals surface area contributed by atoms with E-state index in [2.05, 4.69) is 11.4 Å². The second kappa shape index (κ2) is 9.84. The zero-order valence-corrected chi connectivity index (χ0v) is 19.2. The third-order valence-corrected chi connectivity index (χ3v) is 7.97. The molecule has 0 bridgehead atoms. The highest BCUT2D eigenvalue weighted by Gasteiger charge is 2.27. The molecule has 31 heavy (non-hydrogen) atoms. The van der Waals surface area contributed by atoms with Gasteiger partial charge in [-0.25, -0.2) is 9.78 Å². The van der Waals surface area contributed by atoms with Crippen LogP contribution in [0.1, 0.15) is 69.7 Å². The average Bonchev–Trinajstić information content (AvgIpc) is 3.15. The van der Waals surface area contributed by atoms with E-state index in [9.17, 15) is 14.9 Å². The van der Waals surface area contributed by atoms with E-state index in [1.807, 2.05) is 6.07 Å². The van der Waals surface area contributed by atoms with Crippen molar-refractivity contribution in [3.05, 3.63) is 38.9 Å². The first kappa shape index (κ1) is 21.8. The summed E-state index contributed by atoms with van der Waals surface area (Å²) < 4.78 is 4.97. The number of carbonyl (C=O) groups excluding carboxylic acids is 2. The molecule has 0 saturated carbocycles. The summed E-state index contributed by atoms with van der Waals surface area (Å²) in [7, 11) is 1.37. The second-order valence-corrected chi connectivity index (χ2v) is 10.0. The molecule has 0 radical (unpaired) electrons. The highest BCUT2D eigenvalue weighted by atomic mass is 32.2. The lowest BCUT2D eigenvalue weighted by atomic mass is 9.95. The standard InChI is InChI=1S/C23H25N3O3S2/c1-29-23(28)20-16-7-3-5-9-18(16)31-22(20)26-19(27)10-11-30-21-15(13-24)12-14-6-2-4-8-17(14)25-21/h12H,2-11H2,1H3,(H,26,27). The predicted octanol–water partition coefficient (Wildman–Crippen LogP) is 4.68. The van der Waals surface area contributed by atoms with Gasteiger partial charge in [-0.1, -0.05) is 0 Å². The van der Waals surface area contributed by atoms with Crippen molar-refractivity contribution in [1.82, 2.24) is 4.98 Å². The number of nitriles is 1. The number of hydrogen-bond donors (Lipinski definition) is 1. The number of nitrogens with zero attached hydrogens (tertiary/aromatic N) is 2. The number of aryl methyl sites for hydroxylation is 3. The Morgan fingerprint density at radius 3 is 2.81 bits per heavy atom. The normalized spacial score (nSPS) is 14.8. The number of pyridine rings is 1. The van der Waals surface area contributed by atoms with Gasteiger partial charge in [0.1, 0.15) is 16.1 Å². The molecule has 2 aromatic rings. The van der Waals surface area contributed by atoms with Crippen LogP contribution in [0.3, 0.4) is 0 Å². The van der Waals surface area contributed by atoms with Crippen molar-refractivity contribution in [2.24, 2.45) is 0 Å². The van der Waals surface area contributed by atoms with Crippen LogP contribution >= 0.6 is 23.1 Å². The Bertz CT molecular complexity index is 1060. The van der Waals surface area contributed by atoms with Gasteiger partial charge in [-0.15, -0.1) is 23.1 Å². The quantitative estimate of drug-likeness (QED) is 0.502. The number of ether oxygens (including phenoxy) is 1. The number of thioether (sulfide) groups is 1. The lowest BCUT2D eigenvalue weighted by Gasteiger charge is -2.16. The summed E-state index contributed by atoms with van der Waals surface area (Å²) in [5, 5.41) is 13.7. The average molecular weight is 456 g/mol. The molecule has 2 aliphatic rings. The summed E-state index contributed by atoms with van der Waals surface area (Å²) in [5.41, 5.74) is 4.41. The molecule has 1 N–H and O–H groups in total. The number of amides is 1. The molecule has 0 spiro atoms. The number of anilines is 1. The van der Waals surface area contributed by atoms with Gasteiger partial charge in [0.15, 0.2) is 0 Å². The van der Waals surface area contributed by atoms with Crippen molar-refractivity contribution < 1.29 is 14.3 Å². The van der Waals surface area contributed by atoms with Gasteiger partial charge in [-0.3, -0.25) is 4.79 Å². The molecule has 2 aromatic heterocycles. The largest absolute Gasteiger partial charge is 0.465 e. The van der Waals surface area contributed by atoms with E-state index >= 15 is 0 Å². The minimum absolute atomic E-state index is 0.146. The summed E-state index contributed by atoms with van der Waals surface area (Å²) in [6, 6.07) is 4.21. The summed E-state index contributed by atoms with van der Waals surface area (Å²) in [6.07, 6.45) is 8.43. The molecule has 1 amide bonds. The van der Waals surface area contributed by atoms with Gasteiger partial charge >= 0.3 is 5.97 Å². The minimum atomic E-state index is -0.388. The van der Waals surface area contributed by atoms with Crippen LogP contribution in [0.2, 0.25) is 0 Å². The summed E-state index contributed by atoms with van der Waals surface area (Å²) in [6.45, 7) is 0. The molecule has 0 fully saturated rings. The maximum absolute atomic E-state index is 12.6. The number of methoxy groups -OCH3 is 1. The summed E-state index contributed by atoms with van der Waals surface area (Å²) in [5.74, 6) is -0.0148. The van der Waals surface area contributed by atoms with Crippen LogP contribution in [0, 0.1) is 11.3 Å². The molecule has 0 aliphatic heterocycles. The van der Waals surface area contributed by atoms with E-state index in [1.54, 1.807) is 0 Å². The Labute approximate surface area is 190 Å². The van der Waals surface area contributed by atoms with E-state index in [1.165, 1.54) is 40.6 Å². The molecule has 8 heteroatoms. The first-order valence-corrected chi connectivity index (χ1v) is 12.5. The van der Waals surface area contributed by atoms with E-state index in [0.717, 1.165) is 62.6 Å². The fourth-order valence-corrected chi connectivity index (χ4v) is 6.42. The van der Waals surface area contributed by atoms with Crippen LogP contribution in [-0.2, 0) is 35.2 Å². The summed E-state index contributed by atoms with van der Waals surface area (Å²) in [4.78, 5) is 30.8. The molecule has 0 aromatic carbocycles. The van der Waals surface area contributed by atoms with Crippen molar-refractivity contribution >= 4 is 40.0 Å². The molecule has 0 saturated heterocycles. The Hall–Kier alpha value is -2.37. The van der Waals surface area contributed by atoms with Crippen molar-refractivity contribution in [3.8, 4) is 6.07 Å². The maximum atomic E-state index is 12.6. The number of rotatable bonds is 6. The van der Waals surface area contributed by atoms with Gasteiger partial charge in [0.25, 0.3) is 0 Å². The zero-order chi connectivity index (χ0) is 21.8. The molecule has 6 nitrogen and oxygen atoms in total. The van der Waals surface area contributed by atoms with Gasteiger partial charge in [0.05, 0.1) is 18.2 Å². The molecule has 4 rings (SSSR count). The number of aromatic nitrogens is 1. The highest BCUT2D eigenvalue weighted by molar-refractivity contribution is 7.99. The van der Waals surface area contributed by atoms with Crippen molar-refractivity contribution in [2.45, 2.75) is 62.8 Å². The summed E-state index contributed by atoms with van der Waals surface area (Å²) >= 11 is 2.93. The number of esters is 1. The van der Waals surface area contributed by atoms with Crippen molar-refractivity contribution in [1.29, 1.82) is 5.26 Å². The predicted molar refractivity (Wildman–Crippen MR) is 122 cm³/mol. The van der Waals surface area contributed by atoms with Crippen molar-refractivity contribution in [2.75, 3.05) is 18.2 Å². The van der Waals surface area contributed by atoms with E-state index < -0.39 is 0 Å². The zero-order valence-electron chi connectivity index (χ0n) is 17.6. The number of thiophene rings is 1. The van der Waals surface area contributed by atoms with Crippen LogP contribution in [0.5, 0.6) is 0 Å². The number of fused-ring (bicyclic) bond motifs is 2. The number of hydrogen-bond acceptors (Lipinski definition) is 7. The van der Waals surface area contributed by atoms with Crippen molar-refractivity contribution in [3.63, 3.8) is 0 Å². The van der Waals surface area contributed by atoms with E-state index in [-0.39, 0.29) is 18.3 Å². The Balaban J connectivity index is 1.41. The third kappa shape index (κ3) is 4.78. The Morgan fingerprint density at radius 2 is 2.00 bits per heavy atom. The number of nitrogens with one attached hydrogen (secondary N) is 1. The molecule has 0 atom stereocenters. The first-order chi connectivity index (χ1) is 15.1. The maximum Gasteiger partial charge on any atom is 0.341 e. The number of carbonyl (C=O) groups is 2. The molecule has 0 unspecified atom stereocenters. The lowest BCUT2D eigenvalue weighted by Crippen LogP contribution is -2.15. The molecular formula is C23H25N3O3S2. The fourth-order valence-electron chi connectivity index (χ4n) is 4.21. The Kier molecular flexibility index (Phi) is 6.93. The van der Waals surface area contributed by atoms with Gasteiger partial charge in [0, 0.05) is 22.7 Å². The van der Waals surface area contributed by atoms with Crippen LogP contribution in [0.15, 0.2) is 11.1 Å². The smallest absolute Gasteiger partial charge is 0.341 e. The molecular weight excluding hydrogens is 430 g/mol. The lowest BCUT2D eigenvalue weighted by molar-refractivity contribution is -0.115. The Morgan fingerprint density at radius 1 is 1.23 bits per heavy atom. The topological polar surface area (TPSA) is 92.1 Å². The first-order valence-electron chi connectivity index (χ1n) is 10.7. The molecule has 2 heterocycles.